The molecule has 3 heterocycles. The van der Waals surface area contributed by atoms with Crippen molar-refractivity contribution in [3.63, 3.8) is 0 Å². The van der Waals surface area contributed by atoms with Crippen LogP contribution in [0.2, 0.25) is 0 Å². The van der Waals surface area contributed by atoms with Crippen molar-refractivity contribution in [2.45, 2.75) is 32.9 Å². The Morgan fingerprint density at radius 3 is 2.89 bits per heavy atom. The molecule has 10 heteroatoms. The van der Waals surface area contributed by atoms with Gasteiger partial charge in [-0.1, -0.05) is 5.16 Å². The minimum atomic E-state index is -0.403. The molecule has 0 aliphatic carbocycles. The molecule has 2 aromatic heterocycles. The number of nitrogens with zero attached hydrogens (tertiary/aromatic N) is 6. The fourth-order valence-electron chi connectivity index (χ4n) is 3.05. The lowest BCUT2D eigenvalue weighted by Gasteiger charge is -2.22. The van der Waals surface area contributed by atoms with Crippen molar-refractivity contribution < 1.29 is 14.2 Å². The van der Waals surface area contributed by atoms with Crippen LogP contribution >= 0.6 is 0 Å². The molecule has 146 valence electrons. The van der Waals surface area contributed by atoms with E-state index in [1.54, 1.807) is 20.1 Å². The summed E-state index contributed by atoms with van der Waals surface area (Å²) in [6.45, 7) is 7.54. The fourth-order valence-corrected chi connectivity index (χ4v) is 3.05. The zero-order chi connectivity index (χ0) is 19.4. The summed E-state index contributed by atoms with van der Waals surface area (Å²) in [5.74, 6) is 1.90. The van der Waals surface area contributed by atoms with Crippen molar-refractivity contribution >= 4 is 11.5 Å². The molecular formula is C17H24N6O4. The smallest absolute Gasteiger partial charge is 0.290 e. The Labute approximate surface area is 157 Å². The van der Waals surface area contributed by atoms with Crippen LogP contribution in [0.1, 0.15) is 36.7 Å². The van der Waals surface area contributed by atoms with E-state index in [0.717, 1.165) is 38.4 Å². The van der Waals surface area contributed by atoms with E-state index in [2.05, 4.69) is 24.9 Å². The number of aromatic nitrogens is 3. The van der Waals surface area contributed by atoms with Gasteiger partial charge in [0, 0.05) is 38.9 Å². The molecule has 0 radical (unpaired) electrons. The minimum Gasteiger partial charge on any atom is -0.374 e. The first-order valence-electron chi connectivity index (χ1n) is 8.91. The Morgan fingerprint density at radius 1 is 1.37 bits per heavy atom. The summed E-state index contributed by atoms with van der Waals surface area (Å²) in [6, 6.07) is 1.78. The number of nitro groups is 1. The van der Waals surface area contributed by atoms with Crippen LogP contribution in [0.5, 0.6) is 0 Å². The summed E-state index contributed by atoms with van der Waals surface area (Å²) in [7, 11) is 1.61. The van der Waals surface area contributed by atoms with Gasteiger partial charge in [-0.15, -0.1) is 0 Å². The number of hydrogen-bond donors (Lipinski definition) is 0. The number of ether oxygens (including phenoxy) is 1. The van der Waals surface area contributed by atoms with Gasteiger partial charge in [0.15, 0.2) is 5.82 Å². The normalized spacial score (nSPS) is 16.9. The first kappa shape index (κ1) is 19.2. The van der Waals surface area contributed by atoms with Crippen molar-refractivity contribution in [3.05, 3.63) is 39.7 Å². The molecule has 1 atom stereocenters. The fraction of sp³-hybridized carbons (Fsp3) is 0.588. The van der Waals surface area contributed by atoms with Gasteiger partial charge in [-0.05, 0) is 26.3 Å². The number of hydrogen-bond acceptors (Lipinski definition) is 9. The third-order valence-corrected chi connectivity index (χ3v) is 4.74. The third kappa shape index (κ3) is 4.58. The summed E-state index contributed by atoms with van der Waals surface area (Å²) < 4.78 is 10.5. The van der Waals surface area contributed by atoms with Crippen molar-refractivity contribution in [1.82, 2.24) is 20.0 Å². The lowest BCUT2D eigenvalue weighted by molar-refractivity contribution is -0.385. The average Bonchev–Trinajstić information content (AvgIpc) is 2.98. The molecule has 0 spiro atoms. The lowest BCUT2D eigenvalue weighted by Crippen LogP contribution is -2.31. The maximum absolute atomic E-state index is 11.0. The third-order valence-electron chi connectivity index (χ3n) is 4.74. The highest BCUT2D eigenvalue weighted by atomic mass is 16.6. The number of methoxy groups -OCH3 is 1. The zero-order valence-electron chi connectivity index (χ0n) is 15.8. The summed E-state index contributed by atoms with van der Waals surface area (Å²) >= 11 is 0. The topological polar surface area (TPSA) is 111 Å². The molecule has 1 aliphatic heterocycles. The second-order valence-corrected chi connectivity index (χ2v) is 6.63. The highest BCUT2D eigenvalue weighted by Gasteiger charge is 2.21. The van der Waals surface area contributed by atoms with E-state index in [1.807, 2.05) is 6.92 Å². The van der Waals surface area contributed by atoms with Crippen LogP contribution in [0, 0.1) is 17.0 Å². The molecule has 1 aliphatic rings. The van der Waals surface area contributed by atoms with Crippen molar-refractivity contribution in [2.24, 2.45) is 0 Å². The molecule has 0 amide bonds. The summed E-state index contributed by atoms with van der Waals surface area (Å²) in [5, 5.41) is 14.9. The predicted octanol–water partition coefficient (Wildman–Crippen LogP) is 2.10. The van der Waals surface area contributed by atoms with Crippen LogP contribution in [0.25, 0.3) is 0 Å². The Morgan fingerprint density at radius 2 is 2.19 bits per heavy atom. The van der Waals surface area contributed by atoms with Gasteiger partial charge in [0.05, 0.1) is 11.5 Å². The van der Waals surface area contributed by atoms with Gasteiger partial charge in [-0.2, -0.15) is 4.98 Å². The molecule has 1 fully saturated rings. The molecule has 0 bridgehead atoms. The summed E-state index contributed by atoms with van der Waals surface area (Å²) in [5.41, 5.74) is 0.671. The van der Waals surface area contributed by atoms with Gasteiger partial charge in [-0.3, -0.25) is 15.0 Å². The quantitative estimate of drug-likeness (QED) is 0.552. The van der Waals surface area contributed by atoms with E-state index in [-0.39, 0.29) is 11.8 Å². The van der Waals surface area contributed by atoms with Crippen LogP contribution in [0.15, 0.2) is 16.8 Å². The van der Waals surface area contributed by atoms with E-state index in [0.29, 0.717) is 23.8 Å². The first-order chi connectivity index (χ1) is 13.0. The second kappa shape index (κ2) is 8.40. The van der Waals surface area contributed by atoms with E-state index in [4.69, 9.17) is 9.26 Å². The maximum atomic E-state index is 11.0. The molecule has 27 heavy (non-hydrogen) atoms. The van der Waals surface area contributed by atoms with E-state index >= 15 is 0 Å². The highest BCUT2D eigenvalue weighted by molar-refractivity contribution is 5.48. The molecule has 0 saturated carbocycles. The van der Waals surface area contributed by atoms with Crippen LogP contribution < -0.4 is 4.90 Å². The Kier molecular flexibility index (Phi) is 5.97. The molecule has 1 saturated heterocycles. The van der Waals surface area contributed by atoms with E-state index in [9.17, 15) is 10.1 Å². The van der Waals surface area contributed by atoms with Gasteiger partial charge < -0.3 is 14.2 Å². The summed E-state index contributed by atoms with van der Waals surface area (Å²) in [4.78, 5) is 23.6. The van der Waals surface area contributed by atoms with Gasteiger partial charge in [0.2, 0.25) is 5.89 Å². The molecule has 0 N–H and O–H groups in total. The Bertz CT molecular complexity index is 795. The van der Waals surface area contributed by atoms with E-state index < -0.39 is 4.92 Å². The van der Waals surface area contributed by atoms with E-state index in [1.165, 1.54) is 6.20 Å². The lowest BCUT2D eigenvalue weighted by atomic mass is 10.2. The van der Waals surface area contributed by atoms with Crippen molar-refractivity contribution in [1.29, 1.82) is 0 Å². The molecule has 0 aromatic carbocycles. The highest BCUT2D eigenvalue weighted by Crippen LogP contribution is 2.22. The first-order valence-corrected chi connectivity index (χ1v) is 8.91. The molecule has 1 unspecified atom stereocenters. The number of anilines is 1. The number of pyridine rings is 1. The maximum Gasteiger partial charge on any atom is 0.290 e. The number of rotatable bonds is 6. The Balaban J connectivity index is 1.61. The second-order valence-electron chi connectivity index (χ2n) is 6.63. The molecular weight excluding hydrogens is 352 g/mol. The molecule has 10 nitrogen and oxygen atoms in total. The van der Waals surface area contributed by atoms with Gasteiger partial charge in [-0.25, -0.2) is 4.98 Å². The molecule has 3 rings (SSSR count). The predicted molar refractivity (Wildman–Crippen MR) is 97.5 cm³/mol. The van der Waals surface area contributed by atoms with Crippen LogP contribution in [-0.2, 0) is 11.3 Å². The Hall–Kier alpha value is -2.59. The monoisotopic (exact) mass is 376 g/mol. The van der Waals surface area contributed by atoms with Gasteiger partial charge in [0.1, 0.15) is 18.1 Å². The van der Waals surface area contributed by atoms with Gasteiger partial charge in [0.25, 0.3) is 5.69 Å². The number of aryl methyl sites for hydroxylation is 1. The summed E-state index contributed by atoms with van der Waals surface area (Å²) in [6.07, 6.45) is 2.09. The van der Waals surface area contributed by atoms with Crippen molar-refractivity contribution in [3.8, 4) is 0 Å². The average molecular weight is 376 g/mol. The van der Waals surface area contributed by atoms with Crippen LogP contribution in [0.4, 0.5) is 11.5 Å². The SMILES string of the molecule is COC(C)c1noc(CN2CCCN(c3cc(C)c([N+](=O)[O-])cn3)CC2)n1. The minimum absolute atomic E-state index is 0.0488. The molecule has 2 aromatic rings. The standard InChI is InChI=1S/C17H24N6O4/c1-12-9-15(18-10-14(12)23(24)25)22-6-4-5-21(7-8-22)11-16-19-17(20-27-16)13(2)26-3/h9-10,13H,4-8,11H2,1-3H3. The van der Waals surface area contributed by atoms with Gasteiger partial charge >= 0.3 is 0 Å². The zero-order valence-corrected chi connectivity index (χ0v) is 15.8. The van der Waals surface area contributed by atoms with Crippen molar-refractivity contribution in [2.75, 3.05) is 38.2 Å². The largest absolute Gasteiger partial charge is 0.374 e. The van der Waals surface area contributed by atoms with Crippen LogP contribution in [-0.4, -0.2) is 58.2 Å². The van der Waals surface area contributed by atoms with Crippen LogP contribution in [0.3, 0.4) is 0 Å².